The average molecular weight is 225 g/mol. The van der Waals surface area contributed by atoms with Crippen molar-refractivity contribution in [2.45, 2.75) is 12.8 Å². The Morgan fingerprint density at radius 3 is 2.75 bits per heavy atom. The van der Waals surface area contributed by atoms with Crippen molar-refractivity contribution in [2.75, 3.05) is 24.2 Å². The molecular formula is C11H13F2N3. The second-order valence-corrected chi connectivity index (χ2v) is 3.45. The molecule has 0 saturated carbocycles. The molecule has 5 heteroatoms. The molecular weight excluding hydrogens is 212 g/mol. The lowest BCUT2D eigenvalue weighted by atomic mass is 10.1. The molecule has 1 rings (SSSR count). The van der Waals surface area contributed by atoms with E-state index in [2.05, 4.69) is 0 Å². The largest absolute Gasteiger partial charge is 0.399 e. The number of nitrogens with two attached hydrogens (primary N) is 1. The highest BCUT2D eigenvalue weighted by Gasteiger charge is 2.15. The van der Waals surface area contributed by atoms with Gasteiger partial charge in [-0.25, -0.2) is 8.78 Å². The molecule has 16 heavy (non-hydrogen) atoms. The van der Waals surface area contributed by atoms with Crippen molar-refractivity contribution in [1.29, 1.82) is 5.26 Å². The normalized spacial score (nSPS) is 10.2. The minimum absolute atomic E-state index is 0.0968. The van der Waals surface area contributed by atoms with Gasteiger partial charge in [0.2, 0.25) is 0 Å². The van der Waals surface area contributed by atoms with E-state index in [0.717, 1.165) is 0 Å². The first-order chi connectivity index (χ1) is 7.56. The standard InChI is InChI=1S/C11H13F2N3/c1-16(6-2-5-14)10-4-3-8(15)7-9(10)11(12)13/h3-4,7,11H,2,6,15H2,1H3. The Labute approximate surface area is 93.1 Å². The number of nitriles is 1. The molecule has 0 bridgehead atoms. The molecule has 1 aromatic rings. The number of halogens is 2. The molecule has 0 aromatic heterocycles. The van der Waals surface area contributed by atoms with Crippen molar-refractivity contribution >= 4 is 11.4 Å². The smallest absolute Gasteiger partial charge is 0.265 e. The third-order valence-corrected chi connectivity index (χ3v) is 2.26. The Hall–Kier alpha value is -1.83. The highest BCUT2D eigenvalue weighted by Crippen LogP contribution is 2.31. The van der Waals surface area contributed by atoms with Gasteiger partial charge in [-0.15, -0.1) is 0 Å². The first-order valence-electron chi connectivity index (χ1n) is 4.82. The van der Waals surface area contributed by atoms with Crippen LogP contribution in [-0.4, -0.2) is 13.6 Å². The molecule has 0 heterocycles. The highest BCUT2D eigenvalue weighted by molar-refractivity contribution is 5.59. The molecule has 86 valence electrons. The second kappa shape index (κ2) is 5.31. The minimum Gasteiger partial charge on any atom is -0.399 e. The fourth-order valence-electron chi connectivity index (χ4n) is 1.43. The van der Waals surface area contributed by atoms with E-state index >= 15 is 0 Å². The van der Waals surface area contributed by atoms with Crippen LogP contribution >= 0.6 is 0 Å². The van der Waals surface area contributed by atoms with Gasteiger partial charge in [-0.2, -0.15) is 5.26 Å². The van der Waals surface area contributed by atoms with Crippen LogP contribution in [0.15, 0.2) is 18.2 Å². The maximum absolute atomic E-state index is 12.7. The summed E-state index contributed by atoms with van der Waals surface area (Å²) in [6.45, 7) is 0.417. The van der Waals surface area contributed by atoms with Crippen LogP contribution in [0.3, 0.4) is 0 Å². The van der Waals surface area contributed by atoms with Crippen molar-refractivity contribution in [3.05, 3.63) is 23.8 Å². The maximum atomic E-state index is 12.7. The van der Waals surface area contributed by atoms with Gasteiger partial charge in [0, 0.05) is 30.5 Å². The molecule has 2 N–H and O–H groups in total. The Kier molecular flexibility index (Phi) is 4.06. The van der Waals surface area contributed by atoms with E-state index in [1.165, 1.54) is 6.07 Å². The van der Waals surface area contributed by atoms with Crippen LogP contribution in [0.25, 0.3) is 0 Å². The summed E-state index contributed by atoms with van der Waals surface area (Å²) in [6.07, 6.45) is -2.27. The summed E-state index contributed by atoms with van der Waals surface area (Å²) in [4.78, 5) is 1.63. The fourth-order valence-corrected chi connectivity index (χ4v) is 1.43. The monoisotopic (exact) mass is 225 g/mol. The van der Waals surface area contributed by atoms with Crippen molar-refractivity contribution in [3.63, 3.8) is 0 Å². The van der Waals surface area contributed by atoms with E-state index in [-0.39, 0.29) is 5.56 Å². The molecule has 1 aromatic carbocycles. The molecule has 0 radical (unpaired) electrons. The zero-order chi connectivity index (χ0) is 12.1. The molecule has 0 fully saturated rings. The second-order valence-electron chi connectivity index (χ2n) is 3.45. The molecule has 0 aliphatic rings. The van der Waals surface area contributed by atoms with Gasteiger partial charge in [-0.3, -0.25) is 0 Å². The number of alkyl halides is 2. The molecule has 3 nitrogen and oxygen atoms in total. The van der Waals surface area contributed by atoms with Gasteiger partial charge in [0.25, 0.3) is 6.43 Å². The first kappa shape index (κ1) is 12.2. The zero-order valence-corrected chi connectivity index (χ0v) is 8.95. The Balaban J connectivity index is 2.98. The number of nitrogens with zero attached hydrogens (tertiary/aromatic N) is 2. The van der Waals surface area contributed by atoms with Crippen LogP contribution < -0.4 is 10.6 Å². The molecule has 0 aliphatic carbocycles. The number of rotatable bonds is 4. The van der Waals surface area contributed by atoms with Crippen LogP contribution in [0, 0.1) is 11.3 Å². The van der Waals surface area contributed by atoms with E-state index in [4.69, 9.17) is 11.0 Å². The number of anilines is 2. The van der Waals surface area contributed by atoms with Gasteiger partial charge < -0.3 is 10.6 Å². The predicted molar refractivity (Wildman–Crippen MR) is 59.3 cm³/mol. The van der Waals surface area contributed by atoms with E-state index in [9.17, 15) is 8.78 Å². The summed E-state index contributed by atoms with van der Waals surface area (Å²) < 4.78 is 25.5. The van der Waals surface area contributed by atoms with Gasteiger partial charge >= 0.3 is 0 Å². The summed E-state index contributed by atoms with van der Waals surface area (Å²) in [5, 5.41) is 8.44. The van der Waals surface area contributed by atoms with Gasteiger partial charge in [-0.1, -0.05) is 0 Å². The summed E-state index contributed by atoms with van der Waals surface area (Å²) >= 11 is 0. The first-order valence-corrected chi connectivity index (χ1v) is 4.82. The van der Waals surface area contributed by atoms with Crippen LogP contribution in [0.2, 0.25) is 0 Å². The fraction of sp³-hybridized carbons (Fsp3) is 0.364. The summed E-state index contributed by atoms with van der Waals surface area (Å²) in [5.41, 5.74) is 6.09. The number of hydrogen-bond acceptors (Lipinski definition) is 3. The van der Waals surface area contributed by atoms with Crippen molar-refractivity contribution in [1.82, 2.24) is 0 Å². The third-order valence-electron chi connectivity index (χ3n) is 2.26. The van der Waals surface area contributed by atoms with E-state index in [1.807, 2.05) is 6.07 Å². The maximum Gasteiger partial charge on any atom is 0.265 e. The van der Waals surface area contributed by atoms with E-state index in [1.54, 1.807) is 24.1 Å². The van der Waals surface area contributed by atoms with E-state index in [0.29, 0.717) is 24.3 Å². The number of nitrogen functional groups attached to an aromatic ring is 1. The van der Waals surface area contributed by atoms with Gasteiger partial charge in [-0.05, 0) is 18.2 Å². The lowest BCUT2D eigenvalue weighted by molar-refractivity contribution is 0.152. The summed E-state index contributed by atoms with van der Waals surface area (Å²) in [5.74, 6) is 0. The van der Waals surface area contributed by atoms with Gasteiger partial charge in [0.05, 0.1) is 12.5 Å². The molecule has 0 aliphatic heterocycles. The van der Waals surface area contributed by atoms with Crippen molar-refractivity contribution in [2.24, 2.45) is 0 Å². The summed E-state index contributed by atoms with van der Waals surface area (Å²) in [7, 11) is 1.68. The SMILES string of the molecule is CN(CCC#N)c1ccc(N)cc1C(F)F. The van der Waals surface area contributed by atoms with Crippen LogP contribution in [-0.2, 0) is 0 Å². The third kappa shape index (κ3) is 2.83. The lowest BCUT2D eigenvalue weighted by Gasteiger charge is -2.21. The molecule has 0 atom stereocenters. The Morgan fingerprint density at radius 2 is 2.19 bits per heavy atom. The Morgan fingerprint density at radius 1 is 1.50 bits per heavy atom. The predicted octanol–water partition coefficient (Wildman–Crippen LogP) is 2.56. The minimum atomic E-state index is -2.57. The molecule has 0 unspecified atom stereocenters. The molecule has 0 spiro atoms. The average Bonchev–Trinajstić information content (AvgIpc) is 2.25. The lowest BCUT2D eigenvalue weighted by Crippen LogP contribution is -2.19. The van der Waals surface area contributed by atoms with Crippen LogP contribution in [0.5, 0.6) is 0 Å². The van der Waals surface area contributed by atoms with E-state index < -0.39 is 6.43 Å². The Bertz CT molecular complexity index is 399. The number of benzene rings is 1. The van der Waals surface area contributed by atoms with Gasteiger partial charge in [0.1, 0.15) is 0 Å². The van der Waals surface area contributed by atoms with Crippen molar-refractivity contribution in [3.8, 4) is 6.07 Å². The van der Waals surface area contributed by atoms with Gasteiger partial charge in [0.15, 0.2) is 0 Å². The number of hydrogen-bond donors (Lipinski definition) is 1. The summed E-state index contributed by atoms with van der Waals surface area (Å²) in [6, 6.07) is 6.36. The zero-order valence-electron chi connectivity index (χ0n) is 8.95. The molecule has 0 amide bonds. The highest BCUT2D eigenvalue weighted by atomic mass is 19.3. The van der Waals surface area contributed by atoms with Crippen molar-refractivity contribution < 1.29 is 8.78 Å². The topological polar surface area (TPSA) is 53.0 Å². The van der Waals surface area contributed by atoms with Crippen LogP contribution in [0.1, 0.15) is 18.4 Å². The van der Waals surface area contributed by atoms with Crippen LogP contribution in [0.4, 0.5) is 20.2 Å². The molecule has 0 saturated heterocycles. The quantitative estimate of drug-likeness (QED) is 0.801.